The third-order valence-corrected chi connectivity index (χ3v) is 4.66. The Bertz CT molecular complexity index is 932. The van der Waals surface area contributed by atoms with Crippen molar-refractivity contribution in [3.63, 3.8) is 0 Å². The first-order chi connectivity index (χ1) is 12.4. The number of rotatable bonds is 5. The molecule has 1 amide bonds. The van der Waals surface area contributed by atoms with E-state index in [2.05, 4.69) is 43.4 Å². The molecule has 134 valence electrons. The molecule has 0 fully saturated rings. The molecule has 26 heavy (non-hydrogen) atoms. The number of carbonyl (C=O) groups is 1. The SMILES string of the molecule is Cc1ccc(C)c([C@@H](C)NC(=O)[C@@H](C)Oc2ccc3ccccc3c2)c1. The van der Waals surface area contributed by atoms with E-state index in [1.54, 1.807) is 6.92 Å². The average Bonchev–Trinajstić information content (AvgIpc) is 2.63. The van der Waals surface area contributed by atoms with Crippen LogP contribution in [0.1, 0.15) is 36.6 Å². The summed E-state index contributed by atoms with van der Waals surface area (Å²) in [5.41, 5.74) is 3.50. The summed E-state index contributed by atoms with van der Waals surface area (Å²) in [4.78, 5) is 12.6. The van der Waals surface area contributed by atoms with E-state index >= 15 is 0 Å². The van der Waals surface area contributed by atoms with Crippen LogP contribution in [0.5, 0.6) is 5.75 Å². The molecule has 0 spiro atoms. The van der Waals surface area contributed by atoms with Gasteiger partial charge in [0.2, 0.25) is 0 Å². The fourth-order valence-corrected chi connectivity index (χ4v) is 3.13. The van der Waals surface area contributed by atoms with Crippen LogP contribution in [-0.2, 0) is 4.79 Å². The first-order valence-corrected chi connectivity index (χ1v) is 8.97. The molecule has 0 aliphatic rings. The van der Waals surface area contributed by atoms with Gasteiger partial charge in [0.1, 0.15) is 5.75 Å². The second kappa shape index (κ2) is 7.61. The second-order valence-corrected chi connectivity index (χ2v) is 6.86. The predicted octanol–water partition coefficient (Wildman–Crippen LogP) is 5.10. The summed E-state index contributed by atoms with van der Waals surface area (Å²) in [6.07, 6.45) is -0.566. The van der Waals surface area contributed by atoms with Gasteiger partial charge in [0.05, 0.1) is 6.04 Å². The summed E-state index contributed by atoms with van der Waals surface area (Å²) < 4.78 is 5.86. The van der Waals surface area contributed by atoms with Crippen molar-refractivity contribution in [3.05, 3.63) is 77.4 Å². The Morgan fingerprint density at radius 2 is 1.65 bits per heavy atom. The molecule has 0 saturated heterocycles. The van der Waals surface area contributed by atoms with Crippen molar-refractivity contribution in [1.82, 2.24) is 5.32 Å². The first-order valence-electron chi connectivity index (χ1n) is 8.97. The van der Waals surface area contributed by atoms with Crippen LogP contribution in [0.4, 0.5) is 0 Å². The highest BCUT2D eigenvalue weighted by molar-refractivity contribution is 5.84. The van der Waals surface area contributed by atoms with Crippen molar-refractivity contribution in [2.45, 2.75) is 39.8 Å². The van der Waals surface area contributed by atoms with Crippen LogP contribution in [0.25, 0.3) is 10.8 Å². The quantitative estimate of drug-likeness (QED) is 0.697. The van der Waals surface area contributed by atoms with Crippen molar-refractivity contribution >= 4 is 16.7 Å². The molecule has 3 aromatic carbocycles. The van der Waals surface area contributed by atoms with Crippen molar-refractivity contribution in [2.24, 2.45) is 0 Å². The number of ether oxygens (including phenoxy) is 1. The van der Waals surface area contributed by atoms with Crippen LogP contribution in [0, 0.1) is 13.8 Å². The Balaban J connectivity index is 1.67. The molecule has 3 aromatic rings. The van der Waals surface area contributed by atoms with Gasteiger partial charge in [-0.25, -0.2) is 0 Å². The molecule has 0 heterocycles. The van der Waals surface area contributed by atoms with Crippen LogP contribution in [0.2, 0.25) is 0 Å². The minimum Gasteiger partial charge on any atom is -0.481 e. The first kappa shape index (κ1) is 18.0. The lowest BCUT2D eigenvalue weighted by Gasteiger charge is -2.21. The third-order valence-electron chi connectivity index (χ3n) is 4.66. The number of hydrogen-bond acceptors (Lipinski definition) is 2. The molecular weight excluding hydrogens is 322 g/mol. The van der Waals surface area contributed by atoms with Gasteiger partial charge in [-0.2, -0.15) is 0 Å². The van der Waals surface area contributed by atoms with Crippen molar-refractivity contribution in [3.8, 4) is 5.75 Å². The summed E-state index contributed by atoms with van der Waals surface area (Å²) in [6, 6.07) is 20.2. The fraction of sp³-hybridized carbons (Fsp3) is 0.261. The van der Waals surface area contributed by atoms with E-state index in [9.17, 15) is 4.79 Å². The number of nitrogens with one attached hydrogen (secondary N) is 1. The Kier molecular flexibility index (Phi) is 5.27. The Hall–Kier alpha value is -2.81. The molecule has 3 rings (SSSR count). The van der Waals surface area contributed by atoms with Gasteiger partial charge in [-0.05, 0) is 61.7 Å². The Morgan fingerprint density at radius 1 is 0.923 bits per heavy atom. The van der Waals surface area contributed by atoms with E-state index in [1.807, 2.05) is 43.3 Å². The van der Waals surface area contributed by atoms with Crippen molar-refractivity contribution in [1.29, 1.82) is 0 Å². The van der Waals surface area contributed by atoms with Crippen LogP contribution in [0.15, 0.2) is 60.7 Å². The van der Waals surface area contributed by atoms with Crippen LogP contribution >= 0.6 is 0 Å². The van der Waals surface area contributed by atoms with Gasteiger partial charge >= 0.3 is 0 Å². The lowest BCUT2D eigenvalue weighted by atomic mass is 10.00. The second-order valence-electron chi connectivity index (χ2n) is 6.86. The number of carbonyl (C=O) groups excluding carboxylic acids is 1. The van der Waals surface area contributed by atoms with Gasteiger partial charge in [-0.3, -0.25) is 4.79 Å². The highest BCUT2D eigenvalue weighted by atomic mass is 16.5. The molecule has 0 aliphatic heterocycles. The molecule has 0 unspecified atom stereocenters. The standard InChI is InChI=1S/C23H25NO2/c1-15-9-10-16(2)22(13-15)17(3)24-23(25)18(4)26-21-12-11-19-7-5-6-8-20(19)14-21/h5-14,17-18H,1-4H3,(H,24,25)/t17-,18-/m1/s1. The van der Waals surface area contributed by atoms with Crippen LogP contribution in [0.3, 0.4) is 0 Å². The molecule has 0 saturated carbocycles. The maximum Gasteiger partial charge on any atom is 0.261 e. The van der Waals surface area contributed by atoms with Gasteiger partial charge in [0.15, 0.2) is 6.10 Å². The summed E-state index contributed by atoms with van der Waals surface area (Å²) in [6.45, 7) is 7.90. The number of amides is 1. The highest BCUT2D eigenvalue weighted by Crippen LogP contribution is 2.22. The topological polar surface area (TPSA) is 38.3 Å². The molecule has 0 aliphatic carbocycles. The summed E-state index contributed by atoms with van der Waals surface area (Å²) >= 11 is 0. The number of benzene rings is 3. The normalized spacial score (nSPS) is 13.2. The highest BCUT2D eigenvalue weighted by Gasteiger charge is 2.18. The van der Waals surface area contributed by atoms with Gasteiger partial charge in [0.25, 0.3) is 5.91 Å². The maximum absolute atomic E-state index is 12.6. The molecule has 1 N–H and O–H groups in total. The van der Waals surface area contributed by atoms with E-state index in [1.165, 1.54) is 11.1 Å². The molecular formula is C23H25NO2. The van der Waals surface area contributed by atoms with E-state index in [0.29, 0.717) is 5.75 Å². The molecule has 2 atom stereocenters. The number of hydrogen-bond donors (Lipinski definition) is 1. The van der Waals surface area contributed by atoms with Gasteiger partial charge < -0.3 is 10.1 Å². The predicted molar refractivity (Wildman–Crippen MR) is 107 cm³/mol. The van der Waals surface area contributed by atoms with E-state index in [0.717, 1.165) is 16.3 Å². The third kappa shape index (κ3) is 4.05. The van der Waals surface area contributed by atoms with E-state index in [-0.39, 0.29) is 11.9 Å². The summed E-state index contributed by atoms with van der Waals surface area (Å²) in [5.74, 6) is 0.581. The fourth-order valence-electron chi connectivity index (χ4n) is 3.13. The van der Waals surface area contributed by atoms with Gasteiger partial charge in [-0.1, -0.05) is 54.1 Å². The maximum atomic E-state index is 12.6. The lowest BCUT2D eigenvalue weighted by molar-refractivity contribution is -0.127. The zero-order chi connectivity index (χ0) is 18.7. The van der Waals surface area contributed by atoms with Gasteiger partial charge in [0, 0.05) is 0 Å². The monoisotopic (exact) mass is 347 g/mol. The van der Waals surface area contributed by atoms with E-state index < -0.39 is 6.10 Å². The molecule has 3 heteroatoms. The van der Waals surface area contributed by atoms with Gasteiger partial charge in [-0.15, -0.1) is 0 Å². The Morgan fingerprint density at radius 3 is 2.42 bits per heavy atom. The van der Waals surface area contributed by atoms with Crippen molar-refractivity contribution in [2.75, 3.05) is 0 Å². The van der Waals surface area contributed by atoms with Crippen LogP contribution < -0.4 is 10.1 Å². The largest absolute Gasteiger partial charge is 0.481 e. The Labute approximate surface area is 155 Å². The number of fused-ring (bicyclic) bond motifs is 1. The molecule has 3 nitrogen and oxygen atoms in total. The molecule has 0 aromatic heterocycles. The van der Waals surface area contributed by atoms with Crippen LogP contribution in [-0.4, -0.2) is 12.0 Å². The lowest BCUT2D eigenvalue weighted by Crippen LogP contribution is -2.38. The average molecular weight is 347 g/mol. The number of aryl methyl sites for hydroxylation is 2. The molecule has 0 radical (unpaired) electrons. The van der Waals surface area contributed by atoms with Crippen molar-refractivity contribution < 1.29 is 9.53 Å². The minimum atomic E-state index is -0.566. The summed E-state index contributed by atoms with van der Waals surface area (Å²) in [5, 5.41) is 5.31. The smallest absolute Gasteiger partial charge is 0.261 e. The van der Waals surface area contributed by atoms with E-state index in [4.69, 9.17) is 4.74 Å². The minimum absolute atomic E-state index is 0.0648. The molecule has 0 bridgehead atoms. The zero-order valence-corrected chi connectivity index (χ0v) is 15.7. The zero-order valence-electron chi connectivity index (χ0n) is 15.7. The summed E-state index contributed by atoms with van der Waals surface area (Å²) in [7, 11) is 0.